The molecule has 9 heteroatoms. The Bertz CT molecular complexity index is 1260. The molecular weight excluding hydrogens is 548 g/mol. The Hall–Kier alpha value is -3.88. The van der Waals surface area contributed by atoms with Crippen molar-refractivity contribution in [2.24, 2.45) is 16.5 Å². The number of nitrogens with two attached hydrogens (primary N) is 2. The molecule has 1 heterocycles. The number of rotatable bonds is 13. The van der Waals surface area contributed by atoms with Crippen LogP contribution in [0.2, 0.25) is 5.02 Å². The first-order chi connectivity index (χ1) is 20.4. The van der Waals surface area contributed by atoms with Crippen LogP contribution in [0.5, 0.6) is 0 Å². The number of nitrogens with one attached hydrogen (secondary N) is 2. The maximum atomic E-state index is 13.9. The first kappa shape index (κ1) is 31.1. The molecule has 0 spiro atoms. The highest BCUT2D eigenvalue weighted by molar-refractivity contribution is 6.30. The minimum Gasteiger partial charge on any atom is -0.370 e. The number of nitrogens with zero attached hydrogens (tertiary/aromatic N) is 2. The summed E-state index contributed by atoms with van der Waals surface area (Å²) in [6.07, 6.45) is 3.01. The van der Waals surface area contributed by atoms with E-state index in [2.05, 4.69) is 39.9 Å². The van der Waals surface area contributed by atoms with Crippen molar-refractivity contribution in [2.45, 2.75) is 50.1 Å². The van der Waals surface area contributed by atoms with E-state index in [1.807, 2.05) is 65.6 Å². The van der Waals surface area contributed by atoms with Gasteiger partial charge in [-0.3, -0.25) is 14.6 Å². The van der Waals surface area contributed by atoms with E-state index in [1.54, 1.807) is 0 Å². The van der Waals surface area contributed by atoms with E-state index in [-0.39, 0.29) is 29.7 Å². The summed E-state index contributed by atoms with van der Waals surface area (Å²) >= 11 is 5.97. The van der Waals surface area contributed by atoms with Crippen molar-refractivity contribution in [1.29, 1.82) is 0 Å². The number of hydrogen-bond acceptors (Lipinski definition) is 4. The Morgan fingerprint density at radius 1 is 1.00 bits per heavy atom. The van der Waals surface area contributed by atoms with Crippen LogP contribution in [0.3, 0.4) is 0 Å². The van der Waals surface area contributed by atoms with Crippen LogP contribution in [-0.2, 0) is 16.0 Å². The van der Waals surface area contributed by atoms with Crippen LogP contribution < -0.4 is 22.1 Å². The molecule has 3 aromatic rings. The lowest BCUT2D eigenvalue weighted by Gasteiger charge is -2.29. The number of carbonyl (C=O) groups is 2. The zero-order chi connectivity index (χ0) is 29.7. The van der Waals surface area contributed by atoms with Crippen LogP contribution in [-0.4, -0.2) is 60.9 Å². The van der Waals surface area contributed by atoms with Gasteiger partial charge in [0.15, 0.2) is 5.96 Å². The highest BCUT2D eigenvalue weighted by Crippen LogP contribution is 2.27. The number of benzene rings is 3. The SMILES string of the molecule is NC(N)=NCCCC1NC(CNC(=O)CCc2ccc(Cl)cc2)CCN(CC(c2ccccc2)c2ccccc2)C1=O. The van der Waals surface area contributed by atoms with Gasteiger partial charge >= 0.3 is 0 Å². The summed E-state index contributed by atoms with van der Waals surface area (Å²) in [5, 5.41) is 7.29. The predicted molar refractivity (Wildman–Crippen MR) is 169 cm³/mol. The fourth-order valence-electron chi connectivity index (χ4n) is 5.36. The minimum atomic E-state index is -0.398. The van der Waals surface area contributed by atoms with Crippen molar-refractivity contribution in [3.05, 3.63) is 107 Å². The van der Waals surface area contributed by atoms with E-state index in [1.165, 1.54) is 11.1 Å². The molecule has 6 N–H and O–H groups in total. The maximum absolute atomic E-state index is 13.9. The second-order valence-electron chi connectivity index (χ2n) is 10.7. The van der Waals surface area contributed by atoms with Gasteiger partial charge in [-0.2, -0.15) is 0 Å². The van der Waals surface area contributed by atoms with Crippen LogP contribution in [0.1, 0.15) is 48.3 Å². The first-order valence-electron chi connectivity index (χ1n) is 14.6. The molecule has 2 amide bonds. The molecule has 42 heavy (non-hydrogen) atoms. The standard InChI is InChI=1S/C33H41ClN6O2/c34-27-16-13-24(14-17-27)15-18-31(41)38-22-28-19-21-40(32(42)30(39-28)12-7-20-37-33(35)36)23-29(25-8-3-1-4-9-25)26-10-5-2-6-11-26/h1-6,8-11,13-14,16-17,28-30,39H,7,12,15,18-23H2,(H,38,41)(H4,35,36,37). The van der Waals surface area contributed by atoms with E-state index < -0.39 is 6.04 Å². The average molecular weight is 589 g/mol. The number of amides is 2. The average Bonchev–Trinajstić information content (AvgIpc) is 3.15. The lowest BCUT2D eigenvalue weighted by molar-refractivity contribution is -0.133. The molecule has 1 fully saturated rings. The Balaban J connectivity index is 1.43. The molecule has 3 aromatic carbocycles. The highest BCUT2D eigenvalue weighted by atomic mass is 35.5. The molecule has 2 atom stereocenters. The fourth-order valence-corrected chi connectivity index (χ4v) is 5.49. The lowest BCUT2D eigenvalue weighted by Crippen LogP contribution is -2.49. The number of hydrogen-bond donors (Lipinski definition) is 4. The molecular formula is C33H41ClN6O2. The molecule has 0 bridgehead atoms. The second-order valence-corrected chi connectivity index (χ2v) is 11.2. The largest absolute Gasteiger partial charge is 0.370 e. The van der Waals surface area contributed by atoms with Gasteiger partial charge in [0.05, 0.1) is 6.04 Å². The quantitative estimate of drug-likeness (QED) is 0.137. The van der Waals surface area contributed by atoms with Gasteiger partial charge in [0, 0.05) is 49.6 Å². The second kappa shape index (κ2) is 15.9. The van der Waals surface area contributed by atoms with Crippen LogP contribution in [0.4, 0.5) is 0 Å². The lowest BCUT2D eigenvalue weighted by atomic mass is 9.90. The summed E-state index contributed by atoms with van der Waals surface area (Å²) < 4.78 is 0. The van der Waals surface area contributed by atoms with Crippen molar-refractivity contribution in [3.63, 3.8) is 0 Å². The van der Waals surface area contributed by atoms with Crippen LogP contribution >= 0.6 is 11.6 Å². The van der Waals surface area contributed by atoms with Gasteiger partial charge in [0.2, 0.25) is 11.8 Å². The monoisotopic (exact) mass is 588 g/mol. The molecule has 1 saturated heterocycles. The summed E-state index contributed by atoms with van der Waals surface area (Å²) in [5.41, 5.74) is 14.4. The summed E-state index contributed by atoms with van der Waals surface area (Å²) in [4.78, 5) is 32.7. The van der Waals surface area contributed by atoms with Gasteiger partial charge in [-0.25, -0.2) is 0 Å². The van der Waals surface area contributed by atoms with Crippen LogP contribution in [0.25, 0.3) is 0 Å². The van der Waals surface area contributed by atoms with Gasteiger partial charge in [0.25, 0.3) is 0 Å². The molecule has 222 valence electrons. The van der Waals surface area contributed by atoms with E-state index >= 15 is 0 Å². The first-order valence-corrected chi connectivity index (χ1v) is 15.0. The Kier molecular flexibility index (Phi) is 11.8. The minimum absolute atomic E-state index is 0.0169. The molecule has 0 aromatic heterocycles. The van der Waals surface area contributed by atoms with Gasteiger partial charge in [-0.1, -0.05) is 84.4 Å². The van der Waals surface area contributed by atoms with Crippen molar-refractivity contribution >= 4 is 29.4 Å². The summed E-state index contributed by atoms with van der Waals surface area (Å²) in [5.74, 6) is 0.136. The Morgan fingerprint density at radius 2 is 1.64 bits per heavy atom. The number of guanidine groups is 1. The van der Waals surface area contributed by atoms with E-state index in [0.717, 1.165) is 12.0 Å². The van der Waals surface area contributed by atoms with Gasteiger partial charge < -0.3 is 27.0 Å². The van der Waals surface area contributed by atoms with Crippen molar-refractivity contribution in [3.8, 4) is 0 Å². The van der Waals surface area contributed by atoms with E-state index in [0.29, 0.717) is 56.9 Å². The maximum Gasteiger partial charge on any atom is 0.239 e. The number of carbonyl (C=O) groups excluding carboxylic acids is 2. The topological polar surface area (TPSA) is 126 Å². The van der Waals surface area contributed by atoms with Gasteiger partial charge in [-0.05, 0) is 54.5 Å². The Morgan fingerprint density at radius 3 is 2.26 bits per heavy atom. The van der Waals surface area contributed by atoms with Gasteiger partial charge in [-0.15, -0.1) is 0 Å². The third kappa shape index (κ3) is 9.60. The molecule has 0 radical (unpaired) electrons. The molecule has 2 unspecified atom stereocenters. The molecule has 8 nitrogen and oxygen atoms in total. The molecule has 0 aliphatic carbocycles. The predicted octanol–water partition coefficient (Wildman–Crippen LogP) is 3.83. The number of halogens is 1. The van der Waals surface area contributed by atoms with E-state index in [9.17, 15) is 9.59 Å². The fraction of sp³-hybridized carbons (Fsp3) is 0.364. The van der Waals surface area contributed by atoms with Crippen LogP contribution in [0, 0.1) is 0 Å². The third-order valence-corrected chi connectivity index (χ3v) is 7.90. The molecule has 4 rings (SSSR count). The van der Waals surface area contributed by atoms with Crippen molar-refractivity contribution in [2.75, 3.05) is 26.2 Å². The summed E-state index contributed by atoms with van der Waals surface area (Å²) in [6, 6.07) is 27.7. The normalized spacial score (nSPS) is 17.1. The number of aliphatic imine (C=N–C) groups is 1. The third-order valence-electron chi connectivity index (χ3n) is 7.65. The Labute approximate surface area is 253 Å². The smallest absolute Gasteiger partial charge is 0.239 e. The zero-order valence-electron chi connectivity index (χ0n) is 23.9. The van der Waals surface area contributed by atoms with E-state index in [4.69, 9.17) is 23.1 Å². The molecule has 0 saturated carbocycles. The van der Waals surface area contributed by atoms with Crippen molar-refractivity contribution in [1.82, 2.24) is 15.5 Å². The molecule has 1 aliphatic rings. The summed E-state index contributed by atoms with van der Waals surface area (Å²) in [7, 11) is 0. The van der Waals surface area contributed by atoms with Crippen molar-refractivity contribution < 1.29 is 9.59 Å². The number of aryl methyl sites for hydroxylation is 1. The van der Waals surface area contributed by atoms with Crippen LogP contribution in [0.15, 0.2) is 89.9 Å². The molecule has 1 aliphatic heterocycles. The highest BCUT2D eigenvalue weighted by Gasteiger charge is 2.32. The van der Waals surface area contributed by atoms with Gasteiger partial charge in [0.1, 0.15) is 0 Å². The zero-order valence-corrected chi connectivity index (χ0v) is 24.7. The summed E-state index contributed by atoms with van der Waals surface area (Å²) in [6.45, 7) is 2.07.